The van der Waals surface area contributed by atoms with Crippen molar-refractivity contribution in [2.75, 3.05) is 0 Å². The van der Waals surface area contributed by atoms with Gasteiger partial charge < -0.3 is 4.42 Å². The van der Waals surface area contributed by atoms with Gasteiger partial charge in [0.15, 0.2) is 6.20 Å². The Kier molecular flexibility index (Phi) is 2.34. The molecule has 0 saturated heterocycles. The van der Waals surface area contributed by atoms with Gasteiger partial charge in [-0.15, -0.1) is 0 Å². The minimum absolute atomic E-state index is 0.0509. The van der Waals surface area contributed by atoms with Crippen LogP contribution in [0.25, 0.3) is 44.5 Å². The molecule has 1 aliphatic carbocycles. The average molecular weight is 461 g/mol. The molecule has 170 valence electrons. The van der Waals surface area contributed by atoms with Gasteiger partial charge in [0.05, 0.1) is 11.3 Å². The van der Waals surface area contributed by atoms with Gasteiger partial charge in [-0.25, -0.2) is 4.57 Å². The Morgan fingerprint density at radius 3 is 2.59 bits per heavy atom. The standard InChI is InChI=1S/C31H31N2O/c1-17(2)22-16-33(7)25(15-19(22)4)26-18(3)10-11-20-21-12-13-23-27(30(21)34-29(20)26)28-24(31(23,5)6)9-8-14-32-28/h8-17H,1-7H3/q+1/i1D3,4D3,5D3,6D3,17D. The molecule has 6 rings (SSSR count). The van der Waals surface area contributed by atoms with E-state index in [0.29, 0.717) is 33.2 Å². The van der Waals surface area contributed by atoms with E-state index in [1.165, 1.54) is 43.6 Å². The third kappa shape index (κ3) is 2.70. The molecule has 0 radical (unpaired) electrons. The molecule has 0 aliphatic heterocycles. The molecule has 0 N–H and O–H groups in total. The quantitative estimate of drug-likeness (QED) is 0.255. The maximum Gasteiger partial charge on any atom is 0.216 e. The monoisotopic (exact) mass is 460 g/mol. The largest absolute Gasteiger partial charge is 0.454 e. The van der Waals surface area contributed by atoms with Gasteiger partial charge in [0, 0.05) is 57.4 Å². The van der Waals surface area contributed by atoms with E-state index in [-0.39, 0.29) is 39.1 Å². The van der Waals surface area contributed by atoms with Crippen molar-refractivity contribution in [3.05, 3.63) is 82.7 Å². The Labute approximate surface area is 219 Å². The van der Waals surface area contributed by atoms with Crippen LogP contribution >= 0.6 is 0 Å². The Hall–Kier alpha value is -3.46. The van der Waals surface area contributed by atoms with Crippen LogP contribution in [-0.2, 0) is 12.5 Å². The van der Waals surface area contributed by atoms with E-state index in [0.717, 1.165) is 0 Å². The SMILES string of the molecule is [2H]C([2H])([2H])c1cc(-c2c(C)ccc3c2oc2c4c(ccc23)C(C([2H])([2H])[2H])(C([2H])([2H])[2H])c2cccnc2-4)[n+](C)cc1C([2H])(C)C([2H])([2H])[2H]. The van der Waals surface area contributed by atoms with Crippen molar-refractivity contribution in [3.8, 4) is 22.5 Å². The smallest absolute Gasteiger partial charge is 0.216 e. The second-order valence-electron chi connectivity index (χ2n) is 8.97. The minimum Gasteiger partial charge on any atom is -0.454 e. The van der Waals surface area contributed by atoms with E-state index in [4.69, 9.17) is 22.2 Å². The maximum atomic E-state index is 8.68. The van der Waals surface area contributed by atoms with Crippen LogP contribution in [0.1, 0.15) is 79.0 Å². The second kappa shape index (κ2) is 7.02. The van der Waals surface area contributed by atoms with E-state index in [1.54, 1.807) is 24.6 Å². The zero-order valence-electron chi connectivity index (χ0n) is 32.0. The number of aryl methyl sites for hydroxylation is 3. The Bertz CT molecular complexity index is 2080. The summed E-state index contributed by atoms with van der Waals surface area (Å²) in [5.74, 6) is -2.23. The fraction of sp³-hybridized carbons (Fsp3) is 0.290. The van der Waals surface area contributed by atoms with Gasteiger partial charge in [-0.05, 0) is 48.0 Å². The molecule has 0 spiro atoms. The first kappa shape index (κ1) is 11.3. The molecule has 0 fully saturated rings. The molecule has 34 heavy (non-hydrogen) atoms. The lowest BCUT2D eigenvalue weighted by atomic mass is 9.82. The van der Waals surface area contributed by atoms with Crippen LogP contribution in [0.4, 0.5) is 0 Å². The number of pyridine rings is 2. The normalized spacial score (nSPS) is 23.1. The summed E-state index contributed by atoms with van der Waals surface area (Å²) in [6.45, 7) is -8.57. The first-order valence-corrected chi connectivity index (χ1v) is 11.0. The lowest BCUT2D eigenvalue weighted by Gasteiger charge is -2.20. The highest BCUT2D eigenvalue weighted by Crippen LogP contribution is 2.52. The fourth-order valence-corrected chi connectivity index (χ4v) is 5.12. The van der Waals surface area contributed by atoms with Gasteiger partial charge in [-0.3, -0.25) is 4.98 Å². The van der Waals surface area contributed by atoms with Crippen molar-refractivity contribution in [1.29, 1.82) is 0 Å². The Morgan fingerprint density at radius 2 is 1.82 bits per heavy atom. The molecule has 3 heteroatoms. The zero-order valence-corrected chi connectivity index (χ0v) is 19.0. The second-order valence-corrected chi connectivity index (χ2v) is 8.97. The molecular formula is C31H31N2O+. The Morgan fingerprint density at radius 1 is 1.03 bits per heavy atom. The van der Waals surface area contributed by atoms with Crippen molar-refractivity contribution >= 4 is 21.9 Å². The highest BCUT2D eigenvalue weighted by molar-refractivity contribution is 6.14. The molecular weight excluding hydrogens is 416 g/mol. The van der Waals surface area contributed by atoms with Gasteiger partial charge in [0.1, 0.15) is 18.2 Å². The van der Waals surface area contributed by atoms with Crippen molar-refractivity contribution in [2.45, 2.75) is 52.6 Å². The van der Waals surface area contributed by atoms with E-state index in [1.807, 2.05) is 12.1 Å². The number of nitrogens with zero attached hydrogens (tertiary/aromatic N) is 2. The lowest BCUT2D eigenvalue weighted by Crippen LogP contribution is -2.32. The predicted molar refractivity (Wildman–Crippen MR) is 139 cm³/mol. The fourth-order valence-electron chi connectivity index (χ4n) is 5.12. The number of hydrogen-bond donors (Lipinski definition) is 0. The summed E-state index contributed by atoms with van der Waals surface area (Å²) in [4.78, 5) is 4.46. The molecule has 0 saturated carbocycles. The first-order valence-electron chi connectivity index (χ1n) is 17.5. The van der Waals surface area contributed by atoms with E-state index in [2.05, 4.69) is 4.98 Å². The topological polar surface area (TPSA) is 29.9 Å². The number of fused-ring (bicyclic) bond motifs is 7. The van der Waals surface area contributed by atoms with Gasteiger partial charge >= 0.3 is 0 Å². The predicted octanol–water partition coefficient (Wildman–Crippen LogP) is 7.52. The molecule has 1 unspecified atom stereocenters. The van der Waals surface area contributed by atoms with Crippen LogP contribution in [0, 0.1) is 13.8 Å². The summed E-state index contributed by atoms with van der Waals surface area (Å²) >= 11 is 0. The number of furan rings is 1. The molecule has 3 nitrogen and oxygen atoms in total. The van der Waals surface area contributed by atoms with Crippen LogP contribution in [0.3, 0.4) is 0 Å². The highest BCUT2D eigenvalue weighted by atomic mass is 16.3. The highest BCUT2D eigenvalue weighted by Gasteiger charge is 2.38. The number of rotatable bonds is 2. The van der Waals surface area contributed by atoms with Gasteiger partial charge in [0.25, 0.3) is 0 Å². The van der Waals surface area contributed by atoms with Crippen molar-refractivity contribution < 1.29 is 26.8 Å². The summed E-state index contributed by atoms with van der Waals surface area (Å²) in [6, 6.07) is 11.1. The molecule has 2 aromatic carbocycles. The van der Waals surface area contributed by atoms with Crippen LogP contribution < -0.4 is 4.57 Å². The van der Waals surface area contributed by atoms with Crippen LogP contribution in [0.5, 0.6) is 0 Å². The van der Waals surface area contributed by atoms with Gasteiger partial charge in [0.2, 0.25) is 5.69 Å². The molecule has 1 atom stereocenters. The van der Waals surface area contributed by atoms with Crippen LogP contribution in [0.2, 0.25) is 0 Å². The summed E-state index contributed by atoms with van der Waals surface area (Å²) < 4.78 is 116. The molecule has 1 aliphatic rings. The third-order valence-electron chi connectivity index (χ3n) is 6.80. The van der Waals surface area contributed by atoms with E-state index in [9.17, 15) is 0 Å². The molecule has 3 aromatic heterocycles. The average Bonchev–Trinajstić information content (AvgIpc) is 3.45. The summed E-state index contributed by atoms with van der Waals surface area (Å²) in [6.07, 6.45) is 2.82. The van der Waals surface area contributed by atoms with E-state index < -0.39 is 38.7 Å². The summed E-state index contributed by atoms with van der Waals surface area (Å²) in [5, 5.41) is 1.17. The van der Waals surface area contributed by atoms with Crippen molar-refractivity contribution in [3.63, 3.8) is 0 Å². The molecule has 0 bridgehead atoms. The zero-order chi connectivity index (χ0) is 34.9. The van der Waals surface area contributed by atoms with Crippen molar-refractivity contribution in [1.82, 2.24) is 4.98 Å². The number of hydrogen-bond acceptors (Lipinski definition) is 2. The van der Waals surface area contributed by atoms with Crippen LogP contribution in [0.15, 0.2) is 59.3 Å². The minimum atomic E-state index is -2.98. The summed E-state index contributed by atoms with van der Waals surface area (Å²) in [7, 11) is 1.62. The number of benzene rings is 2. The summed E-state index contributed by atoms with van der Waals surface area (Å²) in [5.41, 5.74) is -0.147. The van der Waals surface area contributed by atoms with E-state index >= 15 is 0 Å². The molecule has 3 heterocycles. The first-order chi connectivity index (χ1) is 21.5. The van der Waals surface area contributed by atoms with Gasteiger partial charge in [-0.1, -0.05) is 57.8 Å². The molecule has 5 aromatic rings. The van der Waals surface area contributed by atoms with Crippen LogP contribution in [-0.4, -0.2) is 4.98 Å². The molecule has 0 amide bonds. The lowest BCUT2D eigenvalue weighted by molar-refractivity contribution is -0.660. The number of aromatic nitrogens is 2. The Balaban J connectivity index is 1.72. The van der Waals surface area contributed by atoms with Crippen molar-refractivity contribution in [2.24, 2.45) is 7.05 Å². The van der Waals surface area contributed by atoms with Gasteiger partial charge in [-0.2, -0.15) is 0 Å². The third-order valence-corrected chi connectivity index (χ3v) is 6.80. The maximum absolute atomic E-state index is 8.68.